The molecule has 172 valence electrons. The number of methoxy groups -OCH3 is 1. The number of aryl methyl sites for hydroxylation is 1. The van der Waals surface area contributed by atoms with Gasteiger partial charge in [0.25, 0.3) is 10.0 Å². The molecular weight excluding hydrogens is 469 g/mol. The van der Waals surface area contributed by atoms with Gasteiger partial charge in [0.1, 0.15) is 23.1 Å². The molecule has 0 amide bonds. The maximum absolute atomic E-state index is 14.0. The first-order chi connectivity index (χ1) is 15.8. The Labute approximate surface area is 196 Å². The molecule has 0 radical (unpaired) electrons. The highest BCUT2D eigenvalue weighted by molar-refractivity contribution is 7.93. The first-order valence-corrected chi connectivity index (χ1v) is 12.0. The number of halogens is 2. The molecule has 0 saturated carbocycles. The summed E-state index contributed by atoms with van der Waals surface area (Å²) in [4.78, 5) is 12.5. The number of carbonyl (C=O) groups is 1. The van der Waals surface area contributed by atoms with Crippen molar-refractivity contribution in [3.63, 3.8) is 0 Å². The van der Waals surface area contributed by atoms with Gasteiger partial charge < -0.3 is 9.47 Å². The van der Waals surface area contributed by atoms with Crippen LogP contribution in [-0.2, 0) is 27.8 Å². The van der Waals surface area contributed by atoms with Crippen molar-refractivity contribution in [3.8, 4) is 5.75 Å². The van der Waals surface area contributed by atoms with Crippen molar-refractivity contribution in [3.05, 3.63) is 88.2 Å². The molecule has 0 spiro atoms. The molecule has 3 aromatic rings. The van der Waals surface area contributed by atoms with E-state index in [0.29, 0.717) is 18.7 Å². The SMILES string of the molecule is COc1ccc(C(=O)OCc2c(F)cccc2Cl)cc1S(=O)(=O)N1CCCc2ccccc21. The van der Waals surface area contributed by atoms with Crippen molar-refractivity contribution in [2.24, 2.45) is 0 Å². The van der Waals surface area contributed by atoms with Crippen molar-refractivity contribution in [1.82, 2.24) is 0 Å². The van der Waals surface area contributed by atoms with Crippen molar-refractivity contribution in [2.75, 3.05) is 18.0 Å². The summed E-state index contributed by atoms with van der Waals surface area (Å²) in [5, 5.41) is 0.129. The number of rotatable bonds is 6. The second-order valence-corrected chi connectivity index (χ2v) is 9.69. The minimum Gasteiger partial charge on any atom is -0.495 e. The van der Waals surface area contributed by atoms with Crippen LogP contribution in [0.15, 0.2) is 65.6 Å². The van der Waals surface area contributed by atoms with Crippen molar-refractivity contribution in [2.45, 2.75) is 24.3 Å². The highest BCUT2D eigenvalue weighted by Gasteiger charge is 2.32. The van der Waals surface area contributed by atoms with Crippen LogP contribution >= 0.6 is 11.6 Å². The van der Waals surface area contributed by atoms with Crippen LogP contribution in [0.3, 0.4) is 0 Å². The zero-order valence-electron chi connectivity index (χ0n) is 17.8. The van der Waals surface area contributed by atoms with Crippen molar-refractivity contribution >= 4 is 33.3 Å². The van der Waals surface area contributed by atoms with Gasteiger partial charge in [-0.1, -0.05) is 35.9 Å². The summed E-state index contributed by atoms with van der Waals surface area (Å²) < 4.78 is 53.0. The van der Waals surface area contributed by atoms with E-state index in [1.165, 1.54) is 47.8 Å². The van der Waals surface area contributed by atoms with Crippen LogP contribution in [-0.4, -0.2) is 28.0 Å². The van der Waals surface area contributed by atoms with E-state index in [0.717, 1.165) is 12.0 Å². The molecule has 0 atom stereocenters. The topological polar surface area (TPSA) is 72.9 Å². The van der Waals surface area contributed by atoms with Gasteiger partial charge in [-0.15, -0.1) is 0 Å². The minimum atomic E-state index is -4.04. The number of anilines is 1. The molecule has 33 heavy (non-hydrogen) atoms. The fourth-order valence-electron chi connectivity index (χ4n) is 3.76. The second kappa shape index (κ2) is 9.41. The molecule has 6 nitrogen and oxygen atoms in total. The average Bonchev–Trinajstić information content (AvgIpc) is 2.82. The molecule has 0 aromatic heterocycles. The maximum Gasteiger partial charge on any atom is 0.338 e. The predicted octanol–water partition coefficient (Wildman–Crippen LogP) is 4.99. The molecule has 4 rings (SSSR count). The fraction of sp³-hybridized carbons (Fsp3) is 0.208. The Balaban J connectivity index is 1.65. The smallest absolute Gasteiger partial charge is 0.338 e. The van der Waals surface area contributed by atoms with Gasteiger partial charge >= 0.3 is 5.97 Å². The van der Waals surface area contributed by atoms with Gasteiger partial charge in [0, 0.05) is 12.1 Å². The van der Waals surface area contributed by atoms with Crippen molar-refractivity contribution < 1.29 is 27.1 Å². The Hall–Kier alpha value is -3.10. The lowest BCUT2D eigenvalue weighted by Gasteiger charge is -2.31. The third-order valence-corrected chi connectivity index (χ3v) is 7.63. The summed E-state index contributed by atoms with van der Waals surface area (Å²) >= 11 is 5.98. The molecule has 1 heterocycles. The lowest BCUT2D eigenvalue weighted by molar-refractivity contribution is 0.0469. The minimum absolute atomic E-state index is 0.00729. The Morgan fingerprint density at radius 2 is 1.91 bits per heavy atom. The van der Waals surface area contributed by atoms with Gasteiger partial charge in [0.15, 0.2) is 0 Å². The zero-order chi connectivity index (χ0) is 23.6. The molecule has 0 N–H and O–H groups in total. The quantitative estimate of drug-likeness (QED) is 0.456. The summed E-state index contributed by atoms with van der Waals surface area (Å²) in [7, 11) is -2.68. The third kappa shape index (κ3) is 4.54. The standard InChI is InChI=1S/C24H21ClFNO5S/c1-31-22-12-11-17(24(28)32-15-18-19(25)8-4-9-20(18)26)14-23(22)33(29,30)27-13-5-7-16-6-2-3-10-21(16)27/h2-4,6,8-12,14H,5,7,13,15H2,1H3. The van der Waals surface area contributed by atoms with Gasteiger partial charge in [-0.05, 0) is 54.8 Å². The molecule has 9 heteroatoms. The van der Waals surface area contributed by atoms with Crippen LogP contribution in [0.5, 0.6) is 5.75 Å². The second-order valence-electron chi connectivity index (χ2n) is 7.45. The number of hydrogen-bond acceptors (Lipinski definition) is 5. The Bertz CT molecular complexity index is 1290. The molecule has 0 bridgehead atoms. The number of benzene rings is 3. The summed E-state index contributed by atoms with van der Waals surface area (Å²) in [6.07, 6.45) is 1.45. The van der Waals surface area contributed by atoms with Crippen LogP contribution in [0.2, 0.25) is 5.02 Å². The van der Waals surface area contributed by atoms with Gasteiger partial charge in [0.2, 0.25) is 0 Å². The van der Waals surface area contributed by atoms with E-state index >= 15 is 0 Å². The van der Waals surface area contributed by atoms with E-state index in [4.69, 9.17) is 21.1 Å². The van der Waals surface area contributed by atoms with Gasteiger partial charge in [-0.2, -0.15) is 0 Å². The Morgan fingerprint density at radius 1 is 1.12 bits per heavy atom. The molecule has 1 aliphatic rings. The van der Waals surface area contributed by atoms with Gasteiger partial charge in [0.05, 0.1) is 23.4 Å². The van der Waals surface area contributed by atoms with E-state index in [2.05, 4.69) is 0 Å². The normalized spacial score (nSPS) is 13.4. The number of sulfonamides is 1. The highest BCUT2D eigenvalue weighted by atomic mass is 35.5. The van der Waals surface area contributed by atoms with Crippen molar-refractivity contribution in [1.29, 1.82) is 0 Å². The van der Waals surface area contributed by atoms with E-state index < -0.39 is 28.4 Å². The number of nitrogens with zero attached hydrogens (tertiary/aromatic N) is 1. The van der Waals surface area contributed by atoms with E-state index in [-0.39, 0.29) is 26.8 Å². The monoisotopic (exact) mass is 489 g/mol. The predicted molar refractivity (Wildman–Crippen MR) is 123 cm³/mol. The largest absolute Gasteiger partial charge is 0.495 e. The van der Waals surface area contributed by atoms with E-state index in [1.807, 2.05) is 12.1 Å². The number of ether oxygens (including phenoxy) is 2. The lowest BCUT2D eigenvalue weighted by Crippen LogP contribution is -2.35. The number of carbonyl (C=O) groups excluding carboxylic acids is 1. The average molecular weight is 490 g/mol. The number of para-hydroxylation sites is 1. The summed E-state index contributed by atoms with van der Waals surface area (Å²) in [5.74, 6) is -1.31. The molecule has 0 unspecified atom stereocenters. The van der Waals surface area contributed by atoms with E-state index in [9.17, 15) is 17.6 Å². The molecular formula is C24H21ClFNO5S. The highest BCUT2D eigenvalue weighted by Crippen LogP contribution is 2.35. The summed E-state index contributed by atoms with van der Waals surface area (Å²) in [6, 6.07) is 15.5. The number of esters is 1. The molecule has 1 aliphatic heterocycles. The van der Waals surface area contributed by atoms with Crippen LogP contribution in [0.1, 0.15) is 27.9 Å². The van der Waals surface area contributed by atoms with Gasteiger partial charge in [-0.25, -0.2) is 17.6 Å². The maximum atomic E-state index is 14.0. The lowest BCUT2D eigenvalue weighted by atomic mass is 10.0. The Kier molecular flexibility index (Phi) is 6.58. The molecule has 0 saturated heterocycles. The fourth-order valence-corrected chi connectivity index (χ4v) is 5.71. The first-order valence-electron chi connectivity index (χ1n) is 10.2. The summed E-state index contributed by atoms with van der Waals surface area (Å²) in [5.41, 5.74) is 1.57. The molecule has 0 aliphatic carbocycles. The zero-order valence-corrected chi connectivity index (χ0v) is 19.3. The summed E-state index contributed by atoms with van der Waals surface area (Å²) in [6.45, 7) is -0.0824. The molecule has 3 aromatic carbocycles. The van der Waals surface area contributed by atoms with Gasteiger partial charge in [-0.3, -0.25) is 4.31 Å². The first kappa shape index (κ1) is 23.1. The third-order valence-electron chi connectivity index (χ3n) is 5.44. The van der Waals surface area contributed by atoms with Crippen LogP contribution in [0.25, 0.3) is 0 Å². The van der Waals surface area contributed by atoms with Crippen LogP contribution in [0, 0.1) is 5.82 Å². The Morgan fingerprint density at radius 3 is 2.67 bits per heavy atom. The van der Waals surface area contributed by atoms with Crippen LogP contribution in [0.4, 0.5) is 10.1 Å². The van der Waals surface area contributed by atoms with E-state index in [1.54, 1.807) is 12.1 Å². The molecule has 0 fully saturated rings. The van der Waals surface area contributed by atoms with Crippen LogP contribution < -0.4 is 9.04 Å². The number of fused-ring (bicyclic) bond motifs is 1. The number of hydrogen-bond donors (Lipinski definition) is 0.